The van der Waals surface area contributed by atoms with Gasteiger partial charge >= 0.3 is 5.97 Å². The molecule has 3 nitrogen and oxygen atoms in total. The lowest BCUT2D eigenvalue weighted by Crippen LogP contribution is -2.06. The molecule has 2 aromatic carbocycles. The van der Waals surface area contributed by atoms with Gasteiger partial charge in [-0.1, -0.05) is 23.7 Å². The normalized spacial score (nSPS) is 10.3. The number of hydrogen-bond donors (Lipinski definition) is 1. The third-order valence-corrected chi connectivity index (χ3v) is 3.18. The van der Waals surface area contributed by atoms with Crippen molar-refractivity contribution in [3.05, 3.63) is 63.9 Å². The van der Waals surface area contributed by atoms with Crippen LogP contribution in [0.5, 0.6) is 0 Å². The first-order chi connectivity index (χ1) is 9.47. The number of hydrogen-bond acceptors (Lipinski definition) is 3. The minimum absolute atomic E-state index is 0.0271. The fraction of sp³-hybridized carbons (Fsp3) is 0.133. The van der Waals surface area contributed by atoms with E-state index in [0.717, 1.165) is 5.56 Å². The molecule has 0 amide bonds. The highest BCUT2D eigenvalue weighted by molar-refractivity contribution is 6.30. The minimum Gasteiger partial charge on any atom is -0.457 e. The number of benzene rings is 2. The van der Waals surface area contributed by atoms with Crippen LogP contribution in [-0.4, -0.2) is 5.97 Å². The highest BCUT2D eigenvalue weighted by Crippen LogP contribution is 2.17. The van der Waals surface area contributed by atoms with Gasteiger partial charge in [-0.05, 0) is 42.3 Å². The largest absolute Gasteiger partial charge is 0.457 e. The van der Waals surface area contributed by atoms with E-state index in [2.05, 4.69) is 0 Å². The van der Waals surface area contributed by atoms with Gasteiger partial charge in [0.05, 0.1) is 10.6 Å². The van der Waals surface area contributed by atoms with Gasteiger partial charge < -0.3 is 10.5 Å². The van der Waals surface area contributed by atoms with Crippen molar-refractivity contribution in [2.75, 3.05) is 5.73 Å². The number of aryl methyl sites for hydroxylation is 1. The van der Waals surface area contributed by atoms with Gasteiger partial charge in [-0.15, -0.1) is 0 Å². The number of halogens is 2. The van der Waals surface area contributed by atoms with Crippen LogP contribution in [0.25, 0.3) is 0 Å². The Balaban J connectivity index is 2.04. The number of nitrogen functional groups attached to an aromatic ring is 1. The van der Waals surface area contributed by atoms with E-state index in [1.807, 2.05) is 6.92 Å². The monoisotopic (exact) mass is 293 g/mol. The van der Waals surface area contributed by atoms with E-state index >= 15 is 0 Å². The fourth-order valence-corrected chi connectivity index (χ4v) is 1.75. The van der Waals surface area contributed by atoms with Crippen molar-refractivity contribution in [2.45, 2.75) is 13.5 Å². The van der Waals surface area contributed by atoms with Crippen molar-refractivity contribution >= 4 is 23.3 Å². The molecule has 20 heavy (non-hydrogen) atoms. The second-order valence-corrected chi connectivity index (χ2v) is 4.80. The van der Waals surface area contributed by atoms with Crippen molar-refractivity contribution in [1.29, 1.82) is 0 Å². The molecule has 0 radical (unpaired) electrons. The Morgan fingerprint density at radius 2 is 2.05 bits per heavy atom. The molecule has 2 N–H and O–H groups in total. The third-order valence-electron chi connectivity index (χ3n) is 2.87. The molecule has 0 saturated carbocycles. The predicted octanol–water partition coefficient (Wildman–Crippen LogP) is 3.73. The number of rotatable bonds is 3. The first-order valence-corrected chi connectivity index (χ1v) is 6.32. The molecule has 0 saturated heterocycles. The molecule has 2 rings (SSSR count). The van der Waals surface area contributed by atoms with Crippen LogP contribution >= 0.6 is 11.6 Å². The molecule has 0 heterocycles. The molecule has 0 aliphatic carbocycles. The SMILES string of the molecule is Cc1ccc(C(=O)OCc2ccc(Cl)c(F)c2)cc1N. The Morgan fingerprint density at radius 1 is 1.30 bits per heavy atom. The number of nitrogens with two attached hydrogens (primary N) is 1. The van der Waals surface area contributed by atoms with Crippen molar-refractivity contribution < 1.29 is 13.9 Å². The molecule has 0 aromatic heterocycles. The van der Waals surface area contributed by atoms with Gasteiger partial charge in [0, 0.05) is 5.69 Å². The van der Waals surface area contributed by atoms with E-state index in [4.69, 9.17) is 22.1 Å². The third kappa shape index (κ3) is 3.27. The van der Waals surface area contributed by atoms with E-state index in [9.17, 15) is 9.18 Å². The summed E-state index contributed by atoms with van der Waals surface area (Å²) < 4.78 is 18.3. The average molecular weight is 294 g/mol. The zero-order valence-corrected chi connectivity index (χ0v) is 11.6. The smallest absolute Gasteiger partial charge is 0.338 e. The molecule has 0 unspecified atom stereocenters. The topological polar surface area (TPSA) is 52.3 Å². The zero-order valence-electron chi connectivity index (χ0n) is 10.8. The Labute approximate surface area is 121 Å². The molecule has 5 heteroatoms. The first kappa shape index (κ1) is 14.3. The molecule has 0 aliphatic heterocycles. The first-order valence-electron chi connectivity index (χ1n) is 5.94. The maximum atomic E-state index is 13.2. The molecular weight excluding hydrogens is 281 g/mol. The molecule has 104 valence electrons. The van der Waals surface area contributed by atoms with Gasteiger partial charge in [-0.3, -0.25) is 0 Å². The number of carbonyl (C=O) groups excluding carboxylic acids is 1. The molecule has 0 bridgehead atoms. The zero-order chi connectivity index (χ0) is 14.7. The summed E-state index contributed by atoms with van der Waals surface area (Å²) in [6, 6.07) is 9.19. The highest BCUT2D eigenvalue weighted by atomic mass is 35.5. The number of carbonyl (C=O) groups is 1. The number of ether oxygens (including phenoxy) is 1. The van der Waals surface area contributed by atoms with Crippen molar-refractivity contribution in [3.63, 3.8) is 0 Å². The maximum absolute atomic E-state index is 13.2. The highest BCUT2D eigenvalue weighted by Gasteiger charge is 2.09. The standard InChI is InChI=1S/C15H13ClFNO2/c1-9-2-4-11(7-14(9)18)15(19)20-8-10-3-5-12(16)13(17)6-10/h2-7H,8,18H2,1H3. The summed E-state index contributed by atoms with van der Waals surface area (Å²) >= 11 is 5.57. The van der Waals surface area contributed by atoms with Gasteiger partial charge in [0.25, 0.3) is 0 Å². The van der Waals surface area contributed by atoms with Crippen LogP contribution in [0.3, 0.4) is 0 Å². The van der Waals surface area contributed by atoms with Gasteiger partial charge in [0.2, 0.25) is 0 Å². The van der Waals surface area contributed by atoms with Crippen molar-refractivity contribution in [3.8, 4) is 0 Å². The summed E-state index contributed by atoms with van der Waals surface area (Å²) in [5, 5.41) is 0.0337. The van der Waals surface area contributed by atoms with Gasteiger partial charge in [-0.25, -0.2) is 9.18 Å². The van der Waals surface area contributed by atoms with Crippen LogP contribution in [-0.2, 0) is 11.3 Å². The van der Waals surface area contributed by atoms with Crippen molar-refractivity contribution in [2.24, 2.45) is 0 Å². The van der Waals surface area contributed by atoms with Crippen LogP contribution in [0, 0.1) is 12.7 Å². The maximum Gasteiger partial charge on any atom is 0.338 e. The van der Waals surface area contributed by atoms with Crippen LogP contribution in [0.4, 0.5) is 10.1 Å². The Bertz CT molecular complexity index is 658. The van der Waals surface area contributed by atoms with Crippen LogP contribution in [0.2, 0.25) is 5.02 Å². The Hall–Kier alpha value is -2.07. The number of esters is 1. The van der Waals surface area contributed by atoms with E-state index in [0.29, 0.717) is 16.8 Å². The minimum atomic E-state index is -0.542. The van der Waals surface area contributed by atoms with Crippen LogP contribution in [0.15, 0.2) is 36.4 Å². The van der Waals surface area contributed by atoms with Gasteiger partial charge in [0.15, 0.2) is 0 Å². The summed E-state index contributed by atoms with van der Waals surface area (Å²) in [5.74, 6) is -1.05. The van der Waals surface area contributed by atoms with E-state index < -0.39 is 11.8 Å². The molecular formula is C15H13ClFNO2. The quantitative estimate of drug-likeness (QED) is 0.693. The Morgan fingerprint density at radius 3 is 2.70 bits per heavy atom. The van der Waals surface area contributed by atoms with E-state index in [-0.39, 0.29) is 11.6 Å². The van der Waals surface area contributed by atoms with Gasteiger partial charge in [0.1, 0.15) is 12.4 Å². The second-order valence-electron chi connectivity index (χ2n) is 4.40. The molecule has 2 aromatic rings. The van der Waals surface area contributed by atoms with E-state index in [1.165, 1.54) is 12.1 Å². The van der Waals surface area contributed by atoms with Gasteiger partial charge in [-0.2, -0.15) is 0 Å². The summed E-state index contributed by atoms with van der Waals surface area (Å²) in [4.78, 5) is 11.8. The lowest BCUT2D eigenvalue weighted by Gasteiger charge is -2.07. The summed E-state index contributed by atoms with van der Waals surface area (Å²) in [6.45, 7) is 1.82. The van der Waals surface area contributed by atoms with E-state index in [1.54, 1.807) is 24.3 Å². The lowest BCUT2D eigenvalue weighted by molar-refractivity contribution is 0.0472. The van der Waals surface area contributed by atoms with Crippen LogP contribution < -0.4 is 5.73 Å². The second kappa shape index (κ2) is 5.92. The fourth-order valence-electron chi connectivity index (χ4n) is 1.63. The summed E-state index contributed by atoms with van der Waals surface area (Å²) in [5.41, 5.74) is 8.04. The molecule has 0 fully saturated rings. The molecule has 0 atom stereocenters. The summed E-state index contributed by atoms with van der Waals surface area (Å²) in [7, 11) is 0. The molecule has 0 aliphatic rings. The predicted molar refractivity (Wildman–Crippen MR) is 76.1 cm³/mol. The number of anilines is 1. The summed E-state index contributed by atoms with van der Waals surface area (Å²) in [6.07, 6.45) is 0. The lowest BCUT2D eigenvalue weighted by atomic mass is 10.1. The average Bonchev–Trinajstić information content (AvgIpc) is 2.43. The Kier molecular flexibility index (Phi) is 4.25. The van der Waals surface area contributed by atoms with Crippen LogP contribution in [0.1, 0.15) is 21.5 Å². The molecule has 0 spiro atoms. The van der Waals surface area contributed by atoms with Crippen molar-refractivity contribution in [1.82, 2.24) is 0 Å².